The molecule has 0 amide bonds. The summed E-state index contributed by atoms with van der Waals surface area (Å²) in [6, 6.07) is 9.48. The van der Waals surface area contributed by atoms with Crippen LogP contribution >= 0.6 is 11.6 Å². The highest BCUT2D eigenvalue weighted by molar-refractivity contribution is 6.31. The van der Waals surface area contributed by atoms with Crippen LogP contribution < -0.4 is 11.1 Å². The van der Waals surface area contributed by atoms with Crippen LogP contribution in [-0.2, 0) is 6.18 Å². The molecule has 0 radical (unpaired) electrons. The maximum atomic E-state index is 12.9. The third kappa shape index (κ3) is 3.38. The summed E-state index contributed by atoms with van der Waals surface area (Å²) >= 11 is 5.75. The third-order valence-electron chi connectivity index (χ3n) is 2.74. The summed E-state index contributed by atoms with van der Waals surface area (Å²) in [4.78, 5) is 0. The number of nitrogens with one attached hydrogen (secondary N) is 1. The first-order valence-electron chi connectivity index (χ1n) is 5.74. The summed E-state index contributed by atoms with van der Waals surface area (Å²) in [6.07, 6.45) is -4.60. The Hall–Kier alpha value is -2.39. The van der Waals surface area contributed by atoms with Crippen molar-refractivity contribution in [3.63, 3.8) is 0 Å². The van der Waals surface area contributed by atoms with Crippen LogP contribution in [0.15, 0.2) is 36.4 Å². The fourth-order valence-electron chi connectivity index (χ4n) is 1.76. The number of nitrogen functional groups attached to an aromatic ring is 1. The van der Waals surface area contributed by atoms with Gasteiger partial charge in [0.2, 0.25) is 0 Å². The molecule has 0 aromatic heterocycles. The molecule has 2 rings (SSSR count). The van der Waals surface area contributed by atoms with Crippen LogP contribution in [0.3, 0.4) is 0 Å². The van der Waals surface area contributed by atoms with Gasteiger partial charge in [-0.2, -0.15) is 18.4 Å². The highest BCUT2D eigenvalue weighted by atomic mass is 35.5. The van der Waals surface area contributed by atoms with Crippen molar-refractivity contribution >= 4 is 28.7 Å². The molecular weight excluding hydrogens is 303 g/mol. The first-order valence-corrected chi connectivity index (χ1v) is 6.12. The molecular formula is C14H9ClF3N3. The van der Waals surface area contributed by atoms with Gasteiger partial charge in [0.15, 0.2) is 0 Å². The molecule has 21 heavy (non-hydrogen) atoms. The minimum absolute atomic E-state index is 0.176. The predicted molar refractivity (Wildman–Crippen MR) is 75.3 cm³/mol. The molecule has 2 aromatic carbocycles. The lowest BCUT2D eigenvalue weighted by Crippen LogP contribution is -2.08. The monoisotopic (exact) mass is 311 g/mol. The maximum Gasteiger partial charge on any atom is 0.417 e. The molecule has 7 heteroatoms. The number of anilines is 3. The van der Waals surface area contributed by atoms with Gasteiger partial charge in [0.1, 0.15) is 0 Å². The minimum Gasteiger partial charge on any atom is -0.397 e. The average molecular weight is 312 g/mol. The van der Waals surface area contributed by atoms with Gasteiger partial charge in [-0.25, -0.2) is 0 Å². The summed E-state index contributed by atoms with van der Waals surface area (Å²) in [5.74, 6) is 0. The van der Waals surface area contributed by atoms with Crippen LogP contribution in [0.25, 0.3) is 0 Å². The van der Waals surface area contributed by atoms with Gasteiger partial charge >= 0.3 is 6.18 Å². The Morgan fingerprint density at radius 1 is 1.14 bits per heavy atom. The number of nitriles is 1. The highest BCUT2D eigenvalue weighted by Gasteiger charge is 2.33. The van der Waals surface area contributed by atoms with Crippen molar-refractivity contribution in [1.29, 1.82) is 5.26 Å². The molecule has 0 unspecified atom stereocenters. The second-order valence-electron chi connectivity index (χ2n) is 4.23. The van der Waals surface area contributed by atoms with E-state index < -0.39 is 17.3 Å². The molecule has 0 fully saturated rings. The van der Waals surface area contributed by atoms with E-state index in [2.05, 4.69) is 5.32 Å². The highest BCUT2D eigenvalue weighted by Crippen LogP contribution is 2.35. The number of nitrogens with zero attached hydrogens (tertiary/aromatic N) is 1. The van der Waals surface area contributed by atoms with Crippen molar-refractivity contribution in [2.24, 2.45) is 0 Å². The molecule has 0 aliphatic carbocycles. The number of hydrogen-bond acceptors (Lipinski definition) is 3. The van der Waals surface area contributed by atoms with E-state index in [1.165, 1.54) is 18.2 Å². The van der Waals surface area contributed by atoms with Crippen molar-refractivity contribution in [2.75, 3.05) is 11.1 Å². The molecule has 2 aromatic rings. The molecule has 0 bridgehead atoms. The Labute approximate surface area is 123 Å². The lowest BCUT2D eigenvalue weighted by atomic mass is 10.1. The lowest BCUT2D eigenvalue weighted by molar-refractivity contribution is -0.137. The average Bonchev–Trinajstić information content (AvgIpc) is 2.41. The summed E-state index contributed by atoms with van der Waals surface area (Å²) in [6.45, 7) is 0. The van der Waals surface area contributed by atoms with Crippen molar-refractivity contribution in [1.82, 2.24) is 0 Å². The van der Waals surface area contributed by atoms with Crippen LogP contribution in [0, 0.1) is 11.3 Å². The van der Waals surface area contributed by atoms with E-state index in [9.17, 15) is 13.2 Å². The van der Waals surface area contributed by atoms with Gasteiger partial charge in [-0.3, -0.25) is 0 Å². The minimum atomic E-state index is -4.60. The van der Waals surface area contributed by atoms with E-state index in [-0.39, 0.29) is 5.69 Å². The second kappa shape index (κ2) is 5.54. The van der Waals surface area contributed by atoms with Crippen LogP contribution in [0.5, 0.6) is 0 Å². The molecule has 3 N–H and O–H groups in total. The molecule has 0 spiro atoms. The number of rotatable bonds is 2. The van der Waals surface area contributed by atoms with Crippen molar-refractivity contribution in [2.45, 2.75) is 6.18 Å². The summed E-state index contributed by atoms with van der Waals surface area (Å²) < 4.78 is 38.6. The van der Waals surface area contributed by atoms with Crippen molar-refractivity contribution in [3.05, 3.63) is 52.5 Å². The number of halogens is 4. The number of hydrogen-bond donors (Lipinski definition) is 2. The summed E-state index contributed by atoms with van der Waals surface area (Å²) in [5, 5.41) is 11.9. The molecule has 0 saturated heterocycles. The smallest absolute Gasteiger partial charge is 0.397 e. The number of benzene rings is 2. The first-order chi connectivity index (χ1) is 9.81. The van der Waals surface area contributed by atoms with E-state index >= 15 is 0 Å². The zero-order chi connectivity index (χ0) is 15.6. The Kier molecular flexibility index (Phi) is 3.96. The quantitative estimate of drug-likeness (QED) is 0.799. The maximum absolute atomic E-state index is 12.9. The summed E-state index contributed by atoms with van der Waals surface area (Å²) in [5.41, 5.74) is 5.21. The Morgan fingerprint density at radius 2 is 1.86 bits per heavy atom. The van der Waals surface area contributed by atoms with E-state index in [4.69, 9.17) is 22.6 Å². The Morgan fingerprint density at radius 3 is 2.43 bits per heavy atom. The van der Waals surface area contributed by atoms with Gasteiger partial charge < -0.3 is 11.1 Å². The van der Waals surface area contributed by atoms with Gasteiger partial charge in [0.25, 0.3) is 0 Å². The fourth-order valence-corrected chi connectivity index (χ4v) is 1.94. The normalized spacial score (nSPS) is 11.0. The molecule has 0 aliphatic heterocycles. The standard InChI is InChI=1S/C14H9ClF3N3/c15-9-2-4-13(12(20)5-9)21-10-3-1-8(7-19)11(6-10)14(16,17)18/h1-6,21H,20H2. The van der Waals surface area contributed by atoms with Crippen LogP contribution in [0.2, 0.25) is 5.02 Å². The van der Waals surface area contributed by atoms with E-state index in [0.717, 1.165) is 12.1 Å². The largest absolute Gasteiger partial charge is 0.417 e. The van der Waals surface area contributed by atoms with Gasteiger partial charge in [0.05, 0.1) is 28.6 Å². The zero-order valence-corrected chi connectivity index (χ0v) is 11.3. The molecule has 0 aliphatic rings. The van der Waals surface area contributed by atoms with E-state index in [0.29, 0.717) is 16.4 Å². The topological polar surface area (TPSA) is 61.8 Å². The molecule has 0 saturated carbocycles. The molecule has 0 heterocycles. The van der Waals surface area contributed by atoms with E-state index in [1.807, 2.05) is 0 Å². The second-order valence-corrected chi connectivity index (χ2v) is 4.66. The zero-order valence-electron chi connectivity index (χ0n) is 10.5. The number of alkyl halides is 3. The van der Waals surface area contributed by atoms with Gasteiger partial charge in [-0.15, -0.1) is 0 Å². The summed E-state index contributed by atoms with van der Waals surface area (Å²) in [7, 11) is 0. The van der Waals surface area contributed by atoms with Crippen LogP contribution in [0.4, 0.5) is 30.2 Å². The Balaban J connectivity index is 2.40. The lowest BCUT2D eigenvalue weighted by Gasteiger charge is -2.13. The fraction of sp³-hybridized carbons (Fsp3) is 0.0714. The van der Waals surface area contributed by atoms with Gasteiger partial charge in [-0.1, -0.05) is 11.6 Å². The van der Waals surface area contributed by atoms with Gasteiger partial charge in [-0.05, 0) is 36.4 Å². The third-order valence-corrected chi connectivity index (χ3v) is 2.97. The van der Waals surface area contributed by atoms with Gasteiger partial charge in [0, 0.05) is 10.7 Å². The van der Waals surface area contributed by atoms with E-state index in [1.54, 1.807) is 12.1 Å². The molecule has 3 nitrogen and oxygen atoms in total. The van der Waals surface area contributed by atoms with Crippen LogP contribution in [-0.4, -0.2) is 0 Å². The van der Waals surface area contributed by atoms with Crippen LogP contribution in [0.1, 0.15) is 11.1 Å². The van der Waals surface area contributed by atoms with Crippen molar-refractivity contribution < 1.29 is 13.2 Å². The Bertz CT molecular complexity index is 720. The first kappa shape index (κ1) is 15.0. The predicted octanol–water partition coefficient (Wildman–Crippen LogP) is 4.56. The SMILES string of the molecule is N#Cc1ccc(Nc2ccc(Cl)cc2N)cc1C(F)(F)F. The van der Waals surface area contributed by atoms with Crippen molar-refractivity contribution in [3.8, 4) is 6.07 Å². The molecule has 108 valence electrons. The molecule has 0 atom stereocenters. The number of nitrogens with two attached hydrogens (primary N) is 1.